The molecule has 0 saturated heterocycles. The Bertz CT molecular complexity index is 1210. The zero-order valence-electron chi connectivity index (χ0n) is 14.7. The second-order valence-corrected chi connectivity index (χ2v) is 6.88. The van der Waals surface area contributed by atoms with Crippen molar-refractivity contribution in [2.45, 2.75) is 13.5 Å². The lowest BCUT2D eigenvalue weighted by molar-refractivity contribution is -0.147. The molecule has 0 aliphatic heterocycles. The van der Waals surface area contributed by atoms with Crippen LogP contribution in [-0.2, 0) is 23.2 Å². The fourth-order valence-corrected chi connectivity index (χ4v) is 3.64. The minimum atomic E-state index is -0.513. The van der Waals surface area contributed by atoms with Crippen molar-refractivity contribution in [3.8, 4) is 5.75 Å². The summed E-state index contributed by atoms with van der Waals surface area (Å²) in [6.45, 7) is 1.63. The molecule has 27 heavy (non-hydrogen) atoms. The average Bonchev–Trinajstić information content (AvgIpc) is 3.30. The molecule has 0 saturated carbocycles. The van der Waals surface area contributed by atoms with Gasteiger partial charge in [-0.2, -0.15) is 0 Å². The summed E-state index contributed by atoms with van der Waals surface area (Å²) in [6.07, 6.45) is 0. The average molecular weight is 384 g/mol. The summed E-state index contributed by atoms with van der Waals surface area (Å²) in [4.78, 5) is 24.4. The van der Waals surface area contributed by atoms with Gasteiger partial charge < -0.3 is 9.47 Å². The lowest BCUT2D eigenvalue weighted by Crippen LogP contribution is -2.20. The zero-order chi connectivity index (χ0) is 19.0. The van der Waals surface area contributed by atoms with Crippen molar-refractivity contribution < 1.29 is 14.3 Å². The third kappa shape index (κ3) is 3.06. The second-order valence-electron chi connectivity index (χ2n) is 5.97. The van der Waals surface area contributed by atoms with E-state index in [2.05, 4.69) is 10.2 Å². The molecule has 3 aromatic heterocycles. The topological polar surface area (TPSA) is 87.7 Å². The van der Waals surface area contributed by atoms with Gasteiger partial charge in [0.1, 0.15) is 10.4 Å². The van der Waals surface area contributed by atoms with Gasteiger partial charge in [0.2, 0.25) is 5.78 Å². The number of ether oxygens (including phenoxy) is 2. The highest BCUT2D eigenvalue weighted by atomic mass is 32.1. The predicted molar refractivity (Wildman–Crippen MR) is 100 cm³/mol. The Morgan fingerprint density at radius 3 is 2.85 bits per heavy atom. The van der Waals surface area contributed by atoms with E-state index in [-0.39, 0.29) is 18.8 Å². The first-order valence-electron chi connectivity index (χ1n) is 8.20. The third-order valence-corrected chi connectivity index (χ3v) is 5.09. The van der Waals surface area contributed by atoms with Crippen molar-refractivity contribution in [3.05, 3.63) is 57.5 Å². The molecule has 0 N–H and O–H groups in total. The number of hydrogen-bond donors (Lipinski definition) is 0. The van der Waals surface area contributed by atoms with E-state index in [4.69, 9.17) is 9.47 Å². The van der Waals surface area contributed by atoms with Crippen molar-refractivity contribution in [1.82, 2.24) is 19.2 Å². The molecule has 0 bridgehead atoms. The summed E-state index contributed by atoms with van der Waals surface area (Å²) >= 11 is 1.35. The molecule has 3 heterocycles. The van der Waals surface area contributed by atoms with E-state index in [0.717, 1.165) is 5.56 Å². The first kappa shape index (κ1) is 17.2. The molecule has 0 radical (unpaired) electrons. The Morgan fingerprint density at radius 2 is 2.04 bits per heavy atom. The molecule has 0 fully saturated rings. The zero-order valence-corrected chi connectivity index (χ0v) is 15.5. The second kappa shape index (κ2) is 6.84. The standard InChI is InChI=1S/C18H16N4O4S/c1-11-5-3-4-6-13(11)25-10-15(23)26-9-14-19-20-18-21(2)17(24)16-12(22(14)18)7-8-27-16/h3-8H,9-10H2,1-2H3. The number of thiophene rings is 1. The van der Waals surface area contributed by atoms with Crippen LogP contribution >= 0.6 is 11.3 Å². The molecular weight excluding hydrogens is 368 g/mol. The maximum absolute atomic E-state index is 12.3. The number of carbonyl (C=O) groups is 1. The fourth-order valence-electron chi connectivity index (χ4n) is 2.79. The number of hydrogen-bond acceptors (Lipinski definition) is 7. The summed E-state index contributed by atoms with van der Waals surface area (Å²) in [5.41, 5.74) is 1.51. The van der Waals surface area contributed by atoms with Crippen molar-refractivity contribution in [1.29, 1.82) is 0 Å². The van der Waals surface area contributed by atoms with Gasteiger partial charge in [0.25, 0.3) is 5.56 Å². The van der Waals surface area contributed by atoms with E-state index in [9.17, 15) is 9.59 Å². The number of aromatic nitrogens is 4. The van der Waals surface area contributed by atoms with Gasteiger partial charge in [-0.3, -0.25) is 13.8 Å². The number of para-hydroxylation sites is 1. The highest BCUT2D eigenvalue weighted by molar-refractivity contribution is 7.17. The molecule has 0 aliphatic rings. The van der Waals surface area contributed by atoms with Crippen molar-refractivity contribution in [2.75, 3.05) is 6.61 Å². The van der Waals surface area contributed by atoms with Crippen LogP contribution in [0.25, 0.3) is 16.0 Å². The number of carbonyl (C=O) groups excluding carboxylic acids is 1. The predicted octanol–water partition coefficient (Wildman–Crippen LogP) is 2.07. The first-order chi connectivity index (χ1) is 13.1. The van der Waals surface area contributed by atoms with Crippen LogP contribution in [0.3, 0.4) is 0 Å². The van der Waals surface area contributed by atoms with Crippen LogP contribution in [0.15, 0.2) is 40.5 Å². The SMILES string of the molecule is Cc1ccccc1OCC(=O)OCc1nnc2n(C)c(=O)c3sccc3n12. The number of aryl methyl sites for hydroxylation is 2. The van der Waals surface area contributed by atoms with Gasteiger partial charge in [0, 0.05) is 7.05 Å². The molecule has 4 rings (SSSR count). The molecule has 8 nitrogen and oxygen atoms in total. The van der Waals surface area contributed by atoms with Crippen LogP contribution in [0.2, 0.25) is 0 Å². The molecule has 0 amide bonds. The van der Waals surface area contributed by atoms with Crippen LogP contribution in [0, 0.1) is 6.92 Å². The summed E-state index contributed by atoms with van der Waals surface area (Å²) in [5.74, 6) is 0.958. The first-order valence-corrected chi connectivity index (χ1v) is 9.08. The molecule has 4 aromatic rings. The third-order valence-electron chi connectivity index (χ3n) is 4.20. The van der Waals surface area contributed by atoms with Crippen LogP contribution in [-0.4, -0.2) is 31.7 Å². The number of rotatable bonds is 5. The Labute approximate surface area is 157 Å². The van der Waals surface area contributed by atoms with E-state index in [1.54, 1.807) is 17.5 Å². The van der Waals surface area contributed by atoms with Crippen molar-refractivity contribution in [3.63, 3.8) is 0 Å². The molecule has 9 heteroatoms. The van der Waals surface area contributed by atoms with Crippen LogP contribution in [0.1, 0.15) is 11.4 Å². The molecule has 0 unspecified atom stereocenters. The van der Waals surface area contributed by atoms with E-state index < -0.39 is 5.97 Å². The van der Waals surface area contributed by atoms with Crippen molar-refractivity contribution >= 4 is 33.3 Å². The fraction of sp³-hybridized carbons (Fsp3) is 0.222. The van der Waals surface area contributed by atoms with Crippen LogP contribution in [0.5, 0.6) is 5.75 Å². The molecule has 0 spiro atoms. The minimum Gasteiger partial charge on any atom is -0.482 e. The number of esters is 1. The van der Waals surface area contributed by atoms with Gasteiger partial charge in [-0.25, -0.2) is 4.79 Å². The Morgan fingerprint density at radius 1 is 1.22 bits per heavy atom. The van der Waals surface area contributed by atoms with Gasteiger partial charge >= 0.3 is 5.97 Å². The van der Waals surface area contributed by atoms with Gasteiger partial charge in [-0.1, -0.05) is 18.2 Å². The van der Waals surface area contributed by atoms with Gasteiger partial charge in [0.15, 0.2) is 19.0 Å². The highest BCUT2D eigenvalue weighted by Crippen LogP contribution is 2.20. The van der Waals surface area contributed by atoms with Gasteiger partial charge in [-0.15, -0.1) is 21.5 Å². The lowest BCUT2D eigenvalue weighted by atomic mass is 10.2. The lowest BCUT2D eigenvalue weighted by Gasteiger charge is -2.09. The smallest absolute Gasteiger partial charge is 0.344 e. The highest BCUT2D eigenvalue weighted by Gasteiger charge is 2.17. The maximum atomic E-state index is 12.3. The van der Waals surface area contributed by atoms with Crippen LogP contribution < -0.4 is 10.3 Å². The van der Waals surface area contributed by atoms with Crippen LogP contribution in [0.4, 0.5) is 0 Å². The number of benzene rings is 1. The summed E-state index contributed by atoms with van der Waals surface area (Å²) in [7, 11) is 1.64. The summed E-state index contributed by atoms with van der Waals surface area (Å²) < 4.78 is 14.5. The van der Waals surface area contributed by atoms with Gasteiger partial charge in [-0.05, 0) is 30.0 Å². The summed E-state index contributed by atoms with van der Waals surface area (Å²) in [6, 6.07) is 9.26. The molecule has 138 valence electrons. The Hall–Kier alpha value is -3.20. The van der Waals surface area contributed by atoms with E-state index in [1.807, 2.05) is 36.6 Å². The quantitative estimate of drug-likeness (QED) is 0.490. The monoisotopic (exact) mass is 384 g/mol. The molecular formula is C18H16N4O4S. The maximum Gasteiger partial charge on any atom is 0.344 e. The molecule has 1 aromatic carbocycles. The number of nitrogens with zero attached hydrogens (tertiary/aromatic N) is 4. The minimum absolute atomic E-state index is 0.0692. The van der Waals surface area contributed by atoms with E-state index in [1.165, 1.54) is 15.9 Å². The van der Waals surface area contributed by atoms with Crippen molar-refractivity contribution in [2.24, 2.45) is 7.05 Å². The Kier molecular flexibility index (Phi) is 4.36. The molecule has 0 atom stereocenters. The van der Waals surface area contributed by atoms with E-state index in [0.29, 0.717) is 27.6 Å². The largest absolute Gasteiger partial charge is 0.482 e. The molecule has 0 aliphatic carbocycles. The van der Waals surface area contributed by atoms with Gasteiger partial charge in [0.05, 0.1) is 5.52 Å². The number of fused-ring (bicyclic) bond motifs is 3. The normalized spacial score (nSPS) is 11.2. The Balaban J connectivity index is 1.52. The summed E-state index contributed by atoms with van der Waals surface area (Å²) in [5, 5.41) is 9.95. The van der Waals surface area contributed by atoms with E-state index >= 15 is 0 Å².